The van der Waals surface area contributed by atoms with Crippen LogP contribution in [0, 0.1) is 0 Å². The molecule has 0 saturated carbocycles. The lowest BCUT2D eigenvalue weighted by Gasteiger charge is -2.41. The monoisotopic (exact) mass is 370 g/mol. The lowest BCUT2D eigenvalue weighted by molar-refractivity contribution is -0.143. The standard InChI is InChI=1S/C19H38N4O3/c1-5-26-17(24)10-8-6-7-9-11-21-18(20-4)22-16-19(2,3)23-12-14-25-15-13-23/h5-16H2,1-4H3,(H2,20,21,22). The van der Waals surface area contributed by atoms with Gasteiger partial charge in [0.25, 0.3) is 0 Å². The number of unbranched alkanes of at least 4 members (excludes halogenated alkanes) is 3. The number of nitrogens with zero attached hydrogens (tertiary/aromatic N) is 2. The minimum Gasteiger partial charge on any atom is -0.466 e. The van der Waals surface area contributed by atoms with E-state index in [9.17, 15) is 4.79 Å². The minimum absolute atomic E-state index is 0.0640. The predicted molar refractivity (Wildman–Crippen MR) is 106 cm³/mol. The van der Waals surface area contributed by atoms with Gasteiger partial charge in [-0.3, -0.25) is 14.7 Å². The van der Waals surface area contributed by atoms with E-state index in [0.29, 0.717) is 13.0 Å². The first kappa shape index (κ1) is 22.7. The van der Waals surface area contributed by atoms with Crippen LogP contribution in [0.5, 0.6) is 0 Å². The highest BCUT2D eigenvalue weighted by molar-refractivity contribution is 5.79. The highest BCUT2D eigenvalue weighted by atomic mass is 16.5. The summed E-state index contributed by atoms with van der Waals surface area (Å²) in [6, 6.07) is 0. The fourth-order valence-corrected chi connectivity index (χ4v) is 2.99. The first-order valence-electron chi connectivity index (χ1n) is 9.92. The number of carbonyl (C=O) groups is 1. The van der Waals surface area contributed by atoms with Gasteiger partial charge in [-0.05, 0) is 33.6 Å². The van der Waals surface area contributed by atoms with E-state index in [4.69, 9.17) is 9.47 Å². The Hall–Kier alpha value is -1.34. The van der Waals surface area contributed by atoms with Crippen molar-refractivity contribution >= 4 is 11.9 Å². The van der Waals surface area contributed by atoms with Crippen LogP contribution in [0.4, 0.5) is 0 Å². The topological polar surface area (TPSA) is 75.2 Å². The Morgan fingerprint density at radius 3 is 2.50 bits per heavy atom. The van der Waals surface area contributed by atoms with Crippen LogP contribution < -0.4 is 10.6 Å². The molecule has 0 spiro atoms. The fourth-order valence-electron chi connectivity index (χ4n) is 2.99. The molecule has 0 aromatic heterocycles. The van der Waals surface area contributed by atoms with E-state index in [1.165, 1.54) is 0 Å². The molecule has 1 aliphatic heterocycles. The summed E-state index contributed by atoms with van der Waals surface area (Å²) < 4.78 is 10.4. The lowest BCUT2D eigenvalue weighted by Crippen LogP contribution is -2.56. The molecule has 2 N–H and O–H groups in total. The van der Waals surface area contributed by atoms with Gasteiger partial charge < -0.3 is 20.1 Å². The van der Waals surface area contributed by atoms with Crippen molar-refractivity contribution in [1.29, 1.82) is 0 Å². The average Bonchev–Trinajstić information content (AvgIpc) is 2.64. The second-order valence-corrected chi connectivity index (χ2v) is 7.23. The maximum atomic E-state index is 11.3. The van der Waals surface area contributed by atoms with Gasteiger partial charge in [0, 0.05) is 45.2 Å². The fraction of sp³-hybridized carbons (Fsp3) is 0.895. The Morgan fingerprint density at radius 1 is 1.15 bits per heavy atom. The van der Waals surface area contributed by atoms with Gasteiger partial charge >= 0.3 is 5.97 Å². The molecule has 26 heavy (non-hydrogen) atoms. The Bertz CT molecular complexity index is 421. The molecule has 0 aromatic carbocycles. The third-order valence-corrected chi connectivity index (χ3v) is 4.68. The second-order valence-electron chi connectivity index (χ2n) is 7.23. The second kappa shape index (κ2) is 12.9. The maximum absolute atomic E-state index is 11.3. The normalized spacial score (nSPS) is 16.4. The van der Waals surface area contributed by atoms with Gasteiger partial charge in [0.15, 0.2) is 5.96 Å². The van der Waals surface area contributed by atoms with Gasteiger partial charge in [0.2, 0.25) is 0 Å². The van der Waals surface area contributed by atoms with Gasteiger partial charge in [-0.25, -0.2) is 0 Å². The number of rotatable bonds is 11. The lowest BCUT2D eigenvalue weighted by atomic mass is 10.0. The molecular formula is C19H38N4O3. The van der Waals surface area contributed by atoms with Crippen molar-refractivity contribution in [3.63, 3.8) is 0 Å². The zero-order valence-corrected chi connectivity index (χ0v) is 17.1. The number of esters is 1. The number of nitrogens with one attached hydrogen (secondary N) is 2. The summed E-state index contributed by atoms with van der Waals surface area (Å²) in [5.41, 5.74) is 0.0640. The van der Waals surface area contributed by atoms with E-state index in [1.807, 2.05) is 6.92 Å². The van der Waals surface area contributed by atoms with E-state index < -0.39 is 0 Å². The van der Waals surface area contributed by atoms with Gasteiger partial charge in [-0.2, -0.15) is 0 Å². The summed E-state index contributed by atoms with van der Waals surface area (Å²) in [6.07, 6.45) is 4.65. The van der Waals surface area contributed by atoms with Crippen LogP contribution in [-0.2, 0) is 14.3 Å². The molecule has 7 heteroatoms. The molecule has 0 radical (unpaired) electrons. The van der Waals surface area contributed by atoms with Crippen molar-refractivity contribution in [2.45, 2.75) is 58.4 Å². The van der Waals surface area contributed by atoms with Crippen molar-refractivity contribution in [3.8, 4) is 0 Å². The summed E-state index contributed by atoms with van der Waals surface area (Å²) in [7, 11) is 1.80. The first-order chi connectivity index (χ1) is 12.5. The molecule has 7 nitrogen and oxygen atoms in total. The number of guanidine groups is 1. The molecule has 0 atom stereocenters. The highest BCUT2D eigenvalue weighted by Crippen LogP contribution is 2.14. The Kier molecular flexibility index (Phi) is 11.3. The number of carbonyl (C=O) groups excluding carboxylic acids is 1. The van der Waals surface area contributed by atoms with Crippen LogP contribution >= 0.6 is 0 Å². The summed E-state index contributed by atoms with van der Waals surface area (Å²) >= 11 is 0. The van der Waals surface area contributed by atoms with Gasteiger partial charge in [-0.1, -0.05) is 12.8 Å². The zero-order valence-electron chi connectivity index (χ0n) is 17.1. The first-order valence-corrected chi connectivity index (χ1v) is 9.92. The molecular weight excluding hydrogens is 332 g/mol. The van der Waals surface area contributed by atoms with E-state index in [-0.39, 0.29) is 11.5 Å². The molecule has 1 fully saturated rings. The molecule has 0 aromatic rings. The summed E-state index contributed by atoms with van der Waals surface area (Å²) in [5, 5.41) is 6.80. The Balaban J connectivity index is 2.12. The molecule has 1 aliphatic rings. The van der Waals surface area contributed by atoms with Crippen molar-refractivity contribution in [3.05, 3.63) is 0 Å². The zero-order chi connectivity index (χ0) is 19.3. The van der Waals surface area contributed by atoms with E-state index in [2.05, 4.69) is 34.4 Å². The van der Waals surface area contributed by atoms with Crippen LogP contribution in [0.15, 0.2) is 4.99 Å². The van der Waals surface area contributed by atoms with Crippen molar-refractivity contribution in [2.24, 2.45) is 4.99 Å². The minimum atomic E-state index is -0.0851. The summed E-state index contributed by atoms with van der Waals surface area (Å²) in [4.78, 5) is 18.0. The van der Waals surface area contributed by atoms with Crippen LogP contribution in [0.1, 0.15) is 52.9 Å². The number of hydrogen-bond donors (Lipinski definition) is 2. The summed E-state index contributed by atoms with van der Waals surface area (Å²) in [5.74, 6) is 0.760. The van der Waals surface area contributed by atoms with Crippen molar-refractivity contribution in [1.82, 2.24) is 15.5 Å². The maximum Gasteiger partial charge on any atom is 0.305 e. The van der Waals surface area contributed by atoms with Crippen LogP contribution in [0.25, 0.3) is 0 Å². The Morgan fingerprint density at radius 2 is 1.85 bits per heavy atom. The Labute approximate surface area is 158 Å². The van der Waals surface area contributed by atoms with Crippen molar-refractivity contribution < 1.29 is 14.3 Å². The van der Waals surface area contributed by atoms with Gasteiger partial charge in [0.1, 0.15) is 0 Å². The molecule has 0 aliphatic carbocycles. The third kappa shape index (κ3) is 9.38. The number of ether oxygens (including phenoxy) is 2. The highest BCUT2D eigenvalue weighted by Gasteiger charge is 2.28. The smallest absolute Gasteiger partial charge is 0.305 e. The van der Waals surface area contributed by atoms with Crippen LogP contribution in [0.2, 0.25) is 0 Å². The van der Waals surface area contributed by atoms with E-state index in [0.717, 1.165) is 71.0 Å². The SMILES string of the molecule is CCOC(=O)CCCCCCNC(=NC)NCC(C)(C)N1CCOCC1. The van der Waals surface area contributed by atoms with Crippen LogP contribution in [-0.4, -0.2) is 75.4 Å². The molecule has 0 bridgehead atoms. The van der Waals surface area contributed by atoms with Crippen molar-refractivity contribution in [2.75, 3.05) is 53.0 Å². The van der Waals surface area contributed by atoms with E-state index >= 15 is 0 Å². The molecule has 1 rings (SSSR count). The van der Waals surface area contributed by atoms with Crippen LogP contribution in [0.3, 0.4) is 0 Å². The summed E-state index contributed by atoms with van der Waals surface area (Å²) in [6.45, 7) is 12.1. The predicted octanol–water partition coefficient (Wildman–Crippen LogP) is 1.78. The quantitative estimate of drug-likeness (QED) is 0.250. The number of morpholine rings is 1. The molecule has 0 amide bonds. The molecule has 1 saturated heterocycles. The third-order valence-electron chi connectivity index (χ3n) is 4.68. The molecule has 0 unspecified atom stereocenters. The molecule has 1 heterocycles. The average molecular weight is 371 g/mol. The number of hydrogen-bond acceptors (Lipinski definition) is 5. The number of aliphatic imine (C=N–C) groups is 1. The van der Waals surface area contributed by atoms with Gasteiger partial charge in [-0.15, -0.1) is 0 Å². The van der Waals surface area contributed by atoms with E-state index in [1.54, 1.807) is 7.05 Å². The molecule has 152 valence electrons. The van der Waals surface area contributed by atoms with Gasteiger partial charge in [0.05, 0.1) is 19.8 Å². The largest absolute Gasteiger partial charge is 0.466 e.